The van der Waals surface area contributed by atoms with Gasteiger partial charge in [0, 0.05) is 10.5 Å². The van der Waals surface area contributed by atoms with Gasteiger partial charge in [0.25, 0.3) is 0 Å². The lowest BCUT2D eigenvalue weighted by Crippen LogP contribution is -2.28. The summed E-state index contributed by atoms with van der Waals surface area (Å²) in [7, 11) is 0. The minimum Gasteiger partial charge on any atom is -0.164 e. The topological polar surface area (TPSA) is 24.3 Å². The Bertz CT molecular complexity index is 1480. The number of nitrogens with zero attached hydrogens (tertiary/aromatic N) is 2. The average molecular weight is 419 g/mol. The van der Waals surface area contributed by atoms with E-state index in [1.165, 1.54) is 27.3 Å². The standard InChI is InChI=1S/C27H20N3S/c1-4-12-20(13-5-1)25-26(21-14-6-2-7-15-21)29-24-19-11-10-18-23(24)28-30(29)27(25)31-22-16-8-3-9-17-22/h1-19,28H/q+1. The largest absolute Gasteiger partial charge is 0.202 e. The van der Waals surface area contributed by atoms with Gasteiger partial charge in [0.1, 0.15) is 0 Å². The van der Waals surface area contributed by atoms with E-state index >= 15 is 0 Å². The zero-order valence-electron chi connectivity index (χ0n) is 16.8. The van der Waals surface area contributed by atoms with Gasteiger partial charge in [0.05, 0.1) is 5.56 Å². The summed E-state index contributed by atoms with van der Waals surface area (Å²) in [6, 6.07) is 40.3. The molecule has 0 bridgehead atoms. The van der Waals surface area contributed by atoms with Crippen molar-refractivity contribution in [3.05, 3.63) is 115 Å². The molecule has 0 fully saturated rings. The van der Waals surface area contributed by atoms with Gasteiger partial charge in [0.2, 0.25) is 5.52 Å². The van der Waals surface area contributed by atoms with Gasteiger partial charge in [-0.15, -0.1) is 4.52 Å². The van der Waals surface area contributed by atoms with Gasteiger partial charge in [-0.1, -0.05) is 103 Å². The number of para-hydroxylation sites is 2. The van der Waals surface area contributed by atoms with Crippen LogP contribution in [-0.4, -0.2) is 9.73 Å². The summed E-state index contributed by atoms with van der Waals surface area (Å²) in [5.41, 5.74) is 7.06. The molecule has 4 heteroatoms. The lowest BCUT2D eigenvalue weighted by atomic mass is 10.0. The van der Waals surface area contributed by atoms with Crippen LogP contribution in [-0.2, 0) is 0 Å². The monoisotopic (exact) mass is 418 g/mol. The first kappa shape index (κ1) is 18.0. The van der Waals surface area contributed by atoms with Gasteiger partial charge in [-0.05, 0) is 34.5 Å². The smallest absolute Gasteiger partial charge is 0.164 e. The quantitative estimate of drug-likeness (QED) is 0.325. The highest BCUT2D eigenvalue weighted by Gasteiger charge is 2.30. The van der Waals surface area contributed by atoms with Crippen LogP contribution in [0.25, 0.3) is 33.4 Å². The van der Waals surface area contributed by atoms with E-state index in [1.807, 2.05) is 0 Å². The molecule has 0 unspecified atom stereocenters. The number of benzene rings is 4. The molecule has 6 aromatic rings. The normalized spacial score (nSPS) is 11.4. The number of nitrogens with one attached hydrogen (secondary N) is 1. The maximum Gasteiger partial charge on any atom is 0.202 e. The highest BCUT2D eigenvalue weighted by atomic mass is 32.2. The molecule has 0 spiro atoms. The van der Waals surface area contributed by atoms with Crippen LogP contribution in [0.4, 0.5) is 0 Å². The van der Waals surface area contributed by atoms with Crippen LogP contribution in [0.1, 0.15) is 0 Å². The highest BCUT2D eigenvalue weighted by Crippen LogP contribution is 2.41. The van der Waals surface area contributed by atoms with Gasteiger partial charge in [-0.3, -0.25) is 0 Å². The first-order chi connectivity index (χ1) is 15.4. The molecule has 6 rings (SSSR count). The van der Waals surface area contributed by atoms with E-state index in [0.717, 1.165) is 16.1 Å². The minimum absolute atomic E-state index is 1.11. The van der Waals surface area contributed by atoms with E-state index in [1.54, 1.807) is 11.8 Å². The van der Waals surface area contributed by atoms with Crippen LogP contribution in [0.15, 0.2) is 125 Å². The van der Waals surface area contributed by atoms with Crippen molar-refractivity contribution in [3.8, 4) is 22.4 Å². The Balaban J connectivity index is 1.76. The van der Waals surface area contributed by atoms with Crippen molar-refractivity contribution in [2.24, 2.45) is 0 Å². The van der Waals surface area contributed by atoms with Crippen LogP contribution >= 0.6 is 11.8 Å². The maximum atomic E-state index is 3.63. The van der Waals surface area contributed by atoms with Crippen molar-refractivity contribution in [1.29, 1.82) is 0 Å². The van der Waals surface area contributed by atoms with Crippen molar-refractivity contribution < 1.29 is 4.52 Å². The number of aromatic nitrogens is 3. The molecule has 3 nitrogen and oxygen atoms in total. The number of hydrogen-bond acceptors (Lipinski definition) is 1. The molecule has 0 saturated heterocycles. The van der Waals surface area contributed by atoms with Gasteiger partial charge in [-0.25, -0.2) is 0 Å². The lowest BCUT2D eigenvalue weighted by molar-refractivity contribution is -0.585. The lowest BCUT2D eigenvalue weighted by Gasteiger charge is -2.05. The van der Waals surface area contributed by atoms with E-state index in [4.69, 9.17) is 0 Å². The second kappa shape index (κ2) is 7.49. The van der Waals surface area contributed by atoms with E-state index in [-0.39, 0.29) is 0 Å². The molecule has 0 atom stereocenters. The predicted molar refractivity (Wildman–Crippen MR) is 126 cm³/mol. The Morgan fingerprint density at radius 1 is 0.613 bits per heavy atom. The third-order valence-electron chi connectivity index (χ3n) is 5.48. The van der Waals surface area contributed by atoms with Crippen LogP contribution in [0.3, 0.4) is 0 Å². The van der Waals surface area contributed by atoms with E-state index < -0.39 is 0 Å². The Morgan fingerprint density at radius 2 is 1.19 bits per heavy atom. The summed E-state index contributed by atoms with van der Waals surface area (Å²) in [5, 5.41) is 4.79. The molecule has 1 N–H and O–H groups in total. The van der Waals surface area contributed by atoms with Crippen molar-refractivity contribution in [3.63, 3.8) is 0 Å². The fourth-order valence-electron chi connectivity index (χ4n) is 4.12. The Hall–Kier alpha value is -3.76. The summed E-state index contributed by atoms with van der Waals surface area (Å²) in [6.45, 7) is 0. The molecule has 4 aromatic carbocycles. The van der Waals surface area contributed by atoms with Gasteiger partial charge in [0.15, 0.2) is 16.2 Å². The van der Waals surface area contributed by atoms with Crippen molar-refractivity contribution in [2.75, 3.05) is 0 Å². The average Bonchev–Trinajstić information content (AvgIpc) is 3.36. The van der Waals surface area contributed by atoms with Crippen LogP contribution < -0.4 is 4.52 Å². The minimum atomic E-state index is 1.11. The van der Waals surface area contributed by atoms with Crippen molar-refractivity contribution in [1.82, 2.24) is 9.73 Å². The molecule has 2 heterocycles. The SMILES string of the molecule is c1ccc(Sc2c(-c3ccccc3)c(-c3ccccc3)[n+]3c4ccccc4[nH]n23)cc1. The highest BCUT2D eigenvalue weighted by molar-refractivity contribution is 7.99. The van der Waals surface area contributed by atoms with E-state index in [2.05, 4.69) is 130 Å². The number of fused-ring (bicyclic) bond motifs is 3. The maximum absolute atomic E-state index is 3.63. The zero-order valence-corrected chi connectivity index (χ0v) is 17.6. The van der Waals surface area contributed by atoms with Crippen molar-refractivity contribution in [2.45, 2.75) is 9.92 Å². The third-order valence-corrected chi connectivity index (χ3v) is 6.56. The Labute approximate surface area is 184 Å². The predicted octanol–water partition coefficient (Wildman–Crippen LogP) is 6.49. The molecule has 0 radical (unpaired) electrons. The fourth-order valence-corrected chi connectivity index (χ4v) is 5.17. The number of rotatable bonds is 4. The summed E-state index contributed by atoms with van der Waals surface area (Å²) < 4.78 is 4.49. The Morgan fingerprint density at radius 3 is 1.90 bits per heavy atom. The van der Waals surface area contributed by atoms with Gasteiger partial charge in [-0.2, -0.15) is 5.10 Å². The molecule has 0 aliphatic rings. The molecule has 0 aliphatic carbocycles. The second-order valence-electron chi connectivity index (χ2n) is 7.43. The summed E-state index contributed by atoms with van der Waals surface area (Å²) in [6.07, 6.45) is 0. The summed E-state index contributed by atoms with van der Waals surface area (Å²) in [4.78, 5) is 1.21. The fraction of sp³-hybridized carbons (Fsp3) is 0. The first-order valence-electron chi connectivity index (χ1n) is 10.3. The number of hydrogen-bond donors (Lipinski definition) is 1. The molecular formula is C27H20N3S+. The van der Waals surface area contributed by atoms with E-state index in [0.29, 0.717) is 0 Å². The number of H-pyrrole nitrogens is 1. The number of aromatic amines is 1. The molecule has 0 aliphatic heterocycles. The Kier molecular flexibility index (Phi) is 4.36. The molecule has 0 amide bonds. The zero-order chi connectivity index (χ0) is 20.6. The molecule has 31 heavy (non-hydrogen) atoms. The van der Waals surface area contributed by atoms with Crippen molar-refractivity contribution >= 4 is 22.8 Å². The van der Waals surface area contributed by atoms with Gasteiger partial charge >= 0.3 is 0 Å². The molecule has 0 saturated carbocycles. The van der Waals surface area contributed by atoms with Crippen LogP contribution in [0.5, 0.6) is 0 Å². The summed E-state index contributed by atoms with van der Waals surface area (Å²) in [5.74, 6) is 0. The van der Waals surface area contributed by atoms with E-state index in [9.17, 15) is 0 Å². The second-order valence-corrected chi connectivity index (χ2v) is 8.49. The van der Waals surface area contributed by atoms with Gasteiger partial charge < -0.3 is 0 Å². The molecule has 148 valence electrons. The molecule has 2 aromatic heterocycles. The summed E-state index contributed by atoms with van der Waals surface area (Å²) >= 11 is 1.78. The van der Waals surface area contributed by atoms with Crippen LogP contribution in [0.2, 0.25) is 0 Å². The molecular weight excluding hydrogens is 398 g/mol. The van der Waals surface area contributed by atoms with Crippen LogP contribution in [0, 0.1) is 0 Å². The third kappa shape index (κ3) is 3.04. The first-order valence-corrected chi connectivity index (χ1v) is 11.1.